The Labute approximate surface area is 104 Å². The number of carbonyl (C=O) groups excluding carboxylic acids is 1. The van der Waals surface area contributed by atoms with E-state index in [4.69, 9.17) is 5.73 Å². The molecule has 0 unspecified atom stereocenters. The number of rotatable bonds is 5. The van der Waals surface area contributed by atoms with Gasteiger partial charge in [-0.2, -0.15) is 0 Å². The number of hydrogen-bond donors (Lipinski definition) is 1. The van der Waals surface area contributed by atoms with E-state index in [1.54, 1.807) is 4.90 Å². The highest BCUT2D eigenvalue weighted by Crippen LogP contribution is 2.15. The zero-order valence-corrected chi connectivity index (χ0v) is 10.9. The van der Waals surface area contributed by atoms with Gasteiger partial charge in [0.2, 0.25) is 0 Å². The molecule has 0 saturated heterocycles. The van der Waals surface area contributed by atoms with E-state index in [0.29, 0.717) is 19.0 Å². The number of nitrogens with zero attached hydrogens (tertiary/aromatic N) is 1. The summed E-state index contributed by atoms with van der Waals surface area (Å²) in [6.45, 7) is 5.61. The third-order valence-corrected chi connectivity index (χ3v) is 2.87. The summed E-state index contributed by atoms with van der Waals surface area (Å²) in [5, 5.41) is 0. The zero-order chi connectivity index (χ0) is 12.8. The van der Waals surface area contributed by atoms with Crippen molar-refractivity contribution in [3.63, 3.8) is 0 Å². The van der Waals surface area contributed by atoms with Crippen molar-refractivity contribution in [3.8, 4) is 0 Å². The Morgan fingerprint density at radius 2 is 1.88 bits per heavy atom. The van der Waals surface area contributed by atoms with Gasteiger partial charge in [0.05, 0.1) is 0 Å². The molecule has 17 heavy (non-hydrogen) atoms. The first-order valence-corrected chi connectivity index (χ1v) is 6.11. The fourth-order valence-corrected chi connectivity index (χ4v) is 1.66. The van der Waals surface area contributed by atoms with Crippen LogP contribution < -0.4 is 5.73 Å². The van der Waals surface area contributed by atoms with Gasteiger partial charge in [0, 0.05) is 19.2 Å². The molecule has 3 nitrogen and oxygen atoms in total. The average molecular weight is 234 g/mol. The van der Waals surface area contributed by atoms with Crippen LogP contribution in [-0.2, 0) is 0 Å². The molecule has 1 aromatic carbocycles. The maximum atomic E-state index is 12.0. The predicted molar refractivity (Wildman–Crippen MR) is 71.2 cm³/mol. The molecule has 0 saturated carbocycles. The first kappa shape index (κ1) is 13.7. The van der Waals surface area contributed by atoms with Crippen LogP contribution in [0.1, 0.15) is 42.1 Å². The molecule has 1 amide bonds. The van der Waals surface area contributed by atoms with Crippen molar-refractivity contribution in [2.45, 2.75) is 26.2 Å². The van der Waals surface area contributed by atoms with Gasteiger partial charge in [-0.15, -0.1) is 0 Å². The van der Waals surface area contributed by atoms with Gasteiger partial charge in [-0.3, -0.25) is 4.79 Å². The van der Waals surface area contributed by atoms with Crippen molar-refractivity contribution in [2.75, 3.05) is 20.1 Å². The molecule has 0 aromatic heterocycles. The second-order valence-corrected chi connectivity index (χ2v) is 4.65. The molecule has 0 aliphatic rings. The van der Waals surface area contributed by atoms with Crippen molar-refractivity contribution in [3.05, 3.63) is 35.4 Å². The Morgan fingerprint density at radius 3 is 2.35 bits per heavy atom. The normalized spacial score (nSPS) is 10.6. The third-order valence-electron chi connectivity index (χ3n) is 2.87. The summed E-state index contributed by atoms with van der Waals surface area (Å²) in [5.41, 5.74) is 7.43. The lowest BCUT2D eigenvalue weighted by atomic mass is 10.0. The topological polar surface area (TPSA) is 46.3 Å². The molecular weight excluding hydrogens is 212 g/mol. The van der Waals surface area contributed by atoms with Gasteiger partial charge >= 0.3 is 0 Å². The van der Waals surface area contributed by atoms with Gasteiger partial charge in [-0.05, 0) is 36.6 Å². The summed E-state index contributed by atoms with van der Waals surface area (Å²) >= 11 is 0. The van der Waals surface area contributed by atoms with Crippen molar-refractivity contribution in [1.82, 2.24) is 4.90 Å². The van der Waals surface area contributed by atoms with Crippen molar-refractivity contribution < 1.29 is 4.79 Å². The molecule has 3 heteroatoms. The monoisotopic (exact) mass is 234 g/mol. The Balaban J connectivity index is 2.69. The van der Waals surface area contributed by atoms with Gasteiger partial charge < -0.3 is 10.6 Å². The lowest BCUT2D eigenvalue weighted by Gasteiger charge is -2.17. The van der Waals surface area contributed by atoms with E-state index in [-0.39, 0.29) is 5.91 Å². The highest BCUT2D eigenvalue weighted by Gasteiger charge is 2.11. The molecule has 94 valence electrons. The molecule has 1 rings (SSSR count). The third kappa shape index (κ3) is 3.86. The van der Waals surface area contributed by atoms with E-state index in [2.05, 4.69) is 13.8 Å². The van der Waals surface area contributed by atoms with E-state index in [1.165, 1.54) is 5.56 Å². The molecule has 0 heterocycles. The first-order valence-electron chi connectivity index (χ1n) is 6.11. The second kappa shape index (κ2) is 6.40. The molecule has 2 N–H and O–H groups in total. The fourth-order valence-electron chi connectivity index (χ4n) is 1.66. The molecule has 1 aromatic rings. The molecule has 0 atom stereocenters. The molecule has 0 aliphatic heterocycles. The largest absolute Gasteiger partial charge is 0.342 e. The fraction of sp³-hybridized carbons (Fsp3) is 0.500. The van der Waals surface area contributed by atoms with Crippen LogP contribution in [0.2, 0.25) is 0 Å². The van der Waals surface area contributed by atoms with Gasteiger partial charge in [-0.1, -0.05) is 26.0 Å². The van der Waals surface area contributed by atoms with Gasteiger partial charge in [0.25, 0.3) is 5.91 Å². The van der Waals surface area contributed by atoms with Crippen LogP contribution >= 0.6 is 0 Å². The number of carbonyl (C=O) groups is 1. The van der Waals surface area contributed by atoms with Crippen molar-refractivity contribution in [2.24, 2.45) is 5.73 Å². The van der Waals surface area contributed by atoms with E-state index >= 15 is 0 Å². The Morgan fingerprint density at radius 1 is 1.29 bits per heavy atom. The minimum atomic E-state index is 0.0637. The summed E-state index contributed by atoms with van der Waals surface area (Å²) in [5.74, 6) is 0.558. The molecule has 0 spiro atoms. The zero-order valence-electron chi connectivity index (χ0n) is 10.9. The van der Waals surface area contributed by atoms with Crippen LogP contribution in [0.15, 0.2) is 24.3 Å². The second-order valence-electron chi connectivity index (χ2n) is 4.65. The summed E-state index contributed by atoms with van der Waals surface area (Å²) in [6, 6.07) is 7.84. The SMILES string of the molecule is CC(C)c1ccc(C(=O)N(C)CCCN)cc1. The molecular formula is C14H22N2O. The van der Waals surface area contributed by atoms with Crippen molar-refractivity contribution in [1.29, 1.82) is 0 Å². The van der Waals surface area contributed by atoms with E-state index in [0.717, 1.165) is 12.0 Å². The van der Waals surface area contributed by atoms with Crippen LogP contribution in [0.3, 0.4) is 0 Å². The molecule has 0 bridgehead atoms. The summed E-state index contributed by atoms with van der Waals surface area (Å²) in [6.07, 6.45) is 0.840. The van der Waals surface area contributed by atoms with Crippen LogP contribution in [0, 0.1) is 0 Å². The smallest absolute Gasteiger partial charge is 0.253 e. The van der Waals surface area contributed by atoms with Gasteiger partial charge in [0.15, 0.2) is 0 Å². The maximum Gasteiger partial charge on any atom is 0.253 e. The van der Waals surface area contributed by atoms with E-state index in [1.807, 2.05) is 31.3 Å². The lowest BCUT2D eigenvalue weighted by molar-refractivity contribution is 0.0794. The highest BCUT2D eigenvalue weighted by atomic mass is 16.2. The van der Waals surface area contributed by atoms with Crippen molar-refractivity contribution >= 4 is 5.91 Å². The Hall–Kier alpha value is -1.35. The standard InChI is InChI=1S/C14H22N2O/c1-11(2)12-5-7-13(8-6-12)14(17)16(3)10-4-9-15/h5-8,11H,4,9-10,15H2,1-3H3. The quantitative estimate of drug-likeness (QED) is 0.849. The minimum Gasteiger partial charge on any atom is -0.342 e. The van der Waals surface area contributed by atoms with Gasteiger partial charge in [-0.25, -0.2) is 0 Å². The number of benzene rings is 1. The number of hydrogen-bond acceptors (Lipinski definition) is 2. The Bertz CT molecular complexity index is 357. The van der Waals surface area contributed by atoms with Crippen LogP contribution in [0.5, 0.6) is 0 Å². The number of nitrogens with two attached hydrogens (primary N) is 1. The van der Waals surface area contributed by atoms with E-state index < -0.39 is 0 Å². The van der Waals surface area contributed by atoms with Gasteiger partial charge in [0.1, 0.15) is 0 Å². The maximum absolute atomic E-state index is 12.0. The number of amides is 1. The van der Waals surface area contributed by atoms with Crippen LogP contribution in [0.25, 0.3) is 0 Å². The van der Waals surface area contributed by atoms with E-state index in [9.17, 15) is 4.79 Å². The average Bonchev–Trinajstić information content (AvgIpc) is 2.35. The summed E-state index contributed by atoms with van der Waals surface area (Å²) in [7, 11) is 1.81. The highest BCUT2D eigenvalue weighted by molar-refractivity contribution is 5.94. The predicted octanol–water partition coefficient (Wildman–Crippen LogP) is 2.23. The lowest BCUT2D eigenvalue weighted by Crippen LogP contribution is -2.28. The summed E-state index contributed by atoms with van der Waals surface area (Å²) < 4.78 is 0. The molecule has 0 fully saturated rings. The Kier molecular flexibility index (Phi) is 5.16. The molecule has 0 radical (unpaired) electrons. The molecule has 0 aliphatic carbocycles. The van der Waals surface area contributed by atoms with Crippen LogP contribution in [-0.4, -0.2) is 30.9 Å². The minimum absolute atomic E-state index is 0.0637. The first-order chi connectivity index (χ1) is 8.06. The summed E-state index contributed by atoms with van der Waals surface area (Å²) in [4.78, 5) is 13.7. The van der Waals surface area contributed by atoms with Crippen LogP contribution in [0.4, 0.5) is 0 Å².